The normalized spacial score (nSPS) is 23.3. The molecule has 1 aliphatic heterocycles. The van der Waals surface area contributed by atoms with E-state index in [9.17, 15) is 37.6 Å². The fourth-order valence-electron chi connectivity index (χ4n) is 6.04. The molecule has 0 radical (unpaired) electrons. The molecule has 252 valence electrons. The molecular formula is C29H46N6O9S. The molecule has 0 bridgehead atoms. The van der Waals surface area contributed by atoms with Crippen LogP contribution >= 0.6 is 0 Å². The first-order chi connectivity index (χ1) is 21.2. The standard InChI is InChI=1S/C29H46N6O9S/c1-3-17(2)25(34-27(39)24(37)14-18-6-9-20(36)10-7-18)28(40)35-22-16-21(44-45(41,42)43)11-8-19(22)15-23(35)26(38)32-12-4-5-13-33-29(30)31/h6-7,9-10,17,19,21-25,36-37H,3-5,8,11-16H2,1-2H3,(H,32,38)(H,34,39)(H4,30,31,33)(H,41,42,43)/t17-,19?,21?,22?,23-,24?,25-/m0/s1. The number of carbonyl (C=O) groups excluding carboxylic acids is 3. The van der Waals surface area contributed by atoms with Crippen LogP contribution in [0.15, 0.2) is 29.3 Å². The van der Waals surface area contributed by atoms with Crippen LogP contribution in [-0.4, -0.2) is 95.2 Å². The smallest absolute Gasteiger partial charge is 0.397 e. The summed E-state index contributed by atoms with van der Waals surface area (Å²) in [5, 5.41) is 25.7. The van der Waals surface area contributed by atoms with Gasteiger partial charge in [0.1, 0.15) is 23.9 Å². The van der Waals surface area contributed by atoms with Crippen LogP contribution in [0, 0.1) is 11.8 Å². The first kappa shape index (κ1) is 36.0. The van der Waals surface area contributed by atoms with Crippen molar-refractivity contribution in [1.82, 2.24) is 15.5 Å². The molecule has 1 saturated carbocycles. The van der Waals surface area contributed by atoms with Crippen molar-refractivity contribution in [3.8, 4) is 5.75 Å². The number of phenolic OH excluding ortho intramolecular Hbond substituents is 1. The van der Waals surface area contributed by atoms with E-state index >= 15 is 0 Å². The second-order valence-electron chi connectivity index (χ2n) is 11.8. The molecule has 2 fully saturated rings. The molecule has 0 spiro atoms. The van der Waals surface area contributed by atoms with Crippen molar-refractivity contribution in [2.45, 2.75) is 95.5 Å². The van der Waals surface area contributed by atoms with Crippen LogP contribution in [0.25, 0.3) is 0 Å². The molecule has 3 rings (SSSR count). The van der Waals surface area contributed by atoms with E-state index in [1.54, 1.807) is 19.1 Å². The molecule has 1 aromatic carbocycles. The zero-order chi connectivity index (χ0) is 33.3. The number of fused-ring (bicyclic) bond motifs is 1. The zero-order valence-corrected chi connectivity index (χ0v) is 26.5. The van der Waals surface area contributed by atoms with Crippen molar-refractivity contribution in [3.05, 3.63) is 29.8 Å². The Hall–Kier alpha value is -3.47. The van der Waals surface area contributed by atoms with Gasteiger partial charge in [-0.3, -0.25) is 23.9 Å². The molecule has 4 unspecified atom stereocenters. The van der Waals surface area contributed by atoms with Crippen molar-refractivity contribution in [1.29, 1.82) is 0 Å². The molecule has 7 atom stereocenters. The molecule has 15 nitrogen and oxygen atoms in total. The number of benzene rings is 1. The maximum Gasteiger partial charge on any atom is 0.397 e. The van der Waals surface area contributed by atoms with Crippen LogP contribution in [0.1, 0.15) is 64.4 Å². The Balaban J connectivity index is 1.81. The van der Waals surface area contributed by atoms with Gasteiger partial charge < -0.3 is 37.2 Å². The van der Waals surface area contributed by atoms with E-state index in [4.69, 9.17) is 15.7 Å². The number of unbranched alkanes of at least 4 members (excludes halogenated alkanes) is 1. The molecule has 0 aromatic heterocycles. The van der Waals surface area contributed by atoms with E-state index in [1.807, 2.05) is 6.92 Å². The third-order valence-corrected chi connectivity index (χ3v) is 9.08. The van der Waals surface area contributed by atoms with E-state index in [-0.39, 0.29) is 42.3 Å². The number of carbonyl (C=O) groups is 3. The second-order valence-corrected chi connectivity index (χ2v) is 12.9. The quantitative estimate of drug-likeness (QED) is 0.0572. The molecule has 1 aromatic rings. The molecule has 1 heterocycles. The van der Waals surface area contributed by atoms with E-state index < -0.39 is 52.5 Å². The van der Waals surface area contributed by atoms with Gasteiger partial charge in [-0.05, 0) is 68.1 Å². The number of guanidine groups is 1. The number of aliphatic hydroxyl groups is 1. The van der Waals surface area contributed by atoms with E-state index in [0.29, 0.717) is 57.2 Å². The highest BCUT2D eigenvalue weighted by Gasteiger charge is 2.51. The Morgan fingerprint density at radius 2 is 1.82 bits per heavy atom. The zero-order valence-electron chi connectivity index (χ0n) is 25.7. The molecule has 2 aliphatic rings. The highest BCUT2D eigenvalue weighted by Crippen LogP contribution is 2.41. The number of nitrogens with zero attached hydrogens (tertiary/aromatic N) is 2. The van der Waals surface area contributed by atoms with Crippen LogP contribution in [0.2, 0.25) is 0 Å². The summed E-state index contributed by atoms with van der Waals surface area (Å²) in [6.45, 7) is 4.34. The molecule has 45 heavy (non-hydrogen) atoms. The lowest BCUT2D eigenvalue weighted by molar-refractivity contribution is -0.146. The summed E-state index contributed by atoms with van der Waals surface area (Å²) in [6.07, 6.45) is 0.462. The number of likely N-dealkylation sites (tertiary alicyclic amines) is 1. The first-order valence-electron chi connectivity index (χ1n) is 15.3. The van der Waals surface area contributed by atoms with Crippen LogP contribution < -0.4 is 22.1 Å². The SMILES string of the molecule is CC[C@H](C)[C@H](NC(=O)C(O)Cc1ccc(O)cc1)C(=O)N1C2CC(OS(=O)(=O)O)CCC2C[C@H]1C(=O)NCCCCN=C(N)N. The fourth-order valence-corrected chi connectivity index (χ4v) is 6.56. The lowest BCUT2D eigenvalue weighted by Crippen LogP contribution is -2.59. The number of aromatic hydroxyl groups is 1. The predicted molar refractivity (Wildman–Crippen MR) is 165 cm³/mol. The number of phenols is 1. The summed E-state index contributed by atoms with van der Waals surface area (Å²) in [7, 11) is -4.74. The maximum absolute atomic E-state index is 14.3. The average molecular weight is 655 g/mol. The van der Waals surface area contributed by atoms with E-state index in [0.717, 1.165) is 0 Å². The lowest BCUT2D eigenvalue weighted by Gasteiger charge is -2.39. The third-order valence-electron chi connectivity index (χ3n) is 8.57. The minimum absolute atomic E-state index is 0.0196. The second kappa shape index (κ2) is 16.2. The number of hydrogen-bond donors (Lipinski definition) is 7. The Labute approximate surface area is 263 Å². The summed E-state index contributed by atoms with van der Waals surface area (Å²) in [5.41, 5.74) is 11.3. The summed E-state index contributed by atoms with van der Waals surface area (Å²) in [4.78, 5) is 46.3. The van der Waals surface area contributed by atoms with Gasteiger partial charge in [0.25, 0.3) is 0 Å². The summed E-state index contributed by atoms with van der Waals surface area (Å²) in [5.74, 6) is -2.17. The highest BCUT2D eigenvalue weighted by atomic mass is 32.3. The first-order valence-corrected chi connectivity index (χ1v) is 16.6. The maximum atomic E-state index is 14.3. The Bertz CT molecular complexity index is 1310. The topological polar surface area (TPSA) is 247 Å². The average Bonchev–Trinajstić information content (AvgIpc) is 3.35. The number of aliphatic imine (C=N–C) groups is 1. The van der Waals surface area contributed by atoms with Gasteiger partial charge in [-0.1, -0.05) is 32.4 Å². The van der Waals surface area contributed by atoms with E-state index in [2.05, 4.69) is 15.6 Å². The number of nitrogens with two attached hydrogens (primary N) is 2. The largest absolute Gasteiger partial charge is 0.508 e. The minimum Gasteiger partial charge on any atom is -0.508 e. The van der Waals surface area contributed by atoms with Gasteiger partial charge in [-0.25, -0.2) is 4.18 Å². The van der Waals surface area contributed by atoms with Crippen LogP contribution in [-0.2, 0) is 35.4 Å². The Morgan fingerprint density at radius 3 is 2.44 bits per heavy atom. The van der Waals surface area contributed by atoms with Crippen LogP contribution in [0.4, 0.5) is 0 Å². The minimum atomic E-state index is -4.74. The Kier molecular flexibility index (Phi) is 13.0. The fraction of sp³-hybridized carbons (Fsp3) is 0.655. The van der Waals surface area contributed by atoms with Crippen LogP contribution in [0.5, 0.6) is 5.75 Å². The van der Waals surface area contributed by atoms with Crippen LogP contribution in [0.3, 0.4) is 0 Å². The number of nitrogens with one attached hydrogen (secondary N) is 2. The van der Waals surface area contributed by atoms with Gasteiger partial charge in [-0.15, -0.1) is 0 Å². The molecule has 1 aliphatic carbocycles. The van der Waals surface area contributed by atoms with Gasteiger partial charge in [0.15, 0.2) is 5.96 Å². The number of amides is 3. The van der Waals surface area contributed by atoms with Gasteiger partial charge in [-0.2, -0.15) is 8.42 Å². The van der Waals surface area contributed by atoms with Gasteiger partial charge in [0.05, 0.1) is 6.10 Å². The number of aliphatic hydroxyl groups excluding tert-OH is 1. The van der Waals surface area contributed by atoms with Crippen molar-refractivity contribution in [3.63, 3.8) is 0 Å². The molecule has 1 saturated heterocycles. The van der Waals surface area contributed by atoms with Crippen molar-refractivity contribution >= 4 is 34.1 Å². The van der Waals surface area contributed by atoms with Gasteiger partial charge >= 0.3 is 10.4 Å². The van der Waals surface area contributed by atoms with Crippen molar-refractivity contribution < 1.29 is 41.8 Å². The molecule has 16 heteroatoms. The summed E-state index contributed by atoms with van der Waals surface area (Å²) >= 11 is 0. The lowest BCUT2D eigenvalue weighted by atomic mass is 9.83. The summed E-state index contributed by atoms with van der Waals surface area (Å²) in [6, 6.07) is 3.47. The van der Waals surface area contributed by atoms with Crippen molar-refractivity contribution in [2.75, 3.05) is 13.1 Å². The molecule has 9 N–H and O–H groups in total. The number of rotatable bonds is 15. The number of hydrogen-bond acceptors (Lipinski definition) is 9. The molecular weight excluding hydrogens is 608 g/mol. The van der Waals surface area contributed by atoms with E-state index in [1.165, 1.54) is 17.0 Å². The van der Waals surface area contributed by atoms with Gasteiger partial charge in [0, 0.05) is 25.6 Å². The molecule has 3 amide bonds. The third kappa shape index (κ3) is 10.5. The predicted octanol–water partition coefficient (Wildman–Crippen LogP) is -0.0461. The Morgan fingerprint density at radius 1 is 1.13 bits per heavy atom. The monoisotopic (exact) mass is 654 g/mol. The summed E-state index contributed by atoms with van der Waals surface area (Å²) < 4.78 is 37.1. The van der Waals surface area contributed by atoms with Gasteiger partial charge in [0.2, 0.25) is 17.7 Å². The van der Waals surface area contributed by atoms with Crippen molar-refractivity contribution in [2.24, 2.45) is 28.3 Å². The highest BCUT2D eigenvalue weighted by molar-refractivity contribution is 7.80.